The highest BCUT2D eigenvalue weighted by Gasteiger charge is 2.26. The molecule has 2 unspecified atom stereocenters. The zero-order valence-corrected chi connectivity index (χ0v) is 11.3. The summed E-state index contributed by atoms with van der Waals surface area (Å²) in [4.78, 5) is 4.45. The van der Waals surface area contributed by atoms with Gasteiger partial charge in [-0.15, -0.1) is 0 Å². The maximum absolute atomic E-state index is 5.54. The van der Waals surface area contributed by atoms with Crippen LogP contribution in [0.5, 0.6) is 0 Å². The Balaban J connectivity index is 1.94. The molecule has 3 rings (SSSR count). The molecule has 1 N–H and O–H groups in total. The largest absolute Gasteiger partial charge is 0.381 e. The molecular formula is C16H20N2O. The van der Waals surface area contributed by atoms with Crippen LogP contribution in [0, 0.1) is 5.92 Å². The van der Waals surface area contributed by atoms with Crippen molar-refractivity contribution in [3.63, 3.8) is 0 Å². The normalized spacial score (nSPS) is 20.8. The van der Waals surface area contributed by atoms with Gasteiger partial charge >= 0.3 is 0 Å². The van der Waals surface area contributed by atoms with Crippen LogP contribution < -0.4 is 5.32 Å². The molecule has 0 spiro atoms. The Morgan fingerprint density at radius 2 is 2.37 bits per heavy atom. The predicted octanol–water partition coefficient (Wildman–Crippen LogP) is 2.92. The molecule has 100 valence electrons. The van der Waals surface area contributed by atoms with Crippen molar-refractivity contribution in [1.82, 2.24) is 10.3 Å². The minimum absolute atomic E-state index is 0.374. The number of hydrogen-bond donors (Lipinski definition) is 1. The number of rotatable bonds is 4. The van der Waals surface area contributed by atoms with Gasteiger partial charge in [0, 0.05) is 30.1 Å². The highest BCUT2D eigenvalue weighted by atomic mass is 16.5. The van der Waals surface area contributed by atoms with E-state index in [9.17, 15) is 0 Å². The van der Waals surface area contributed by atoms with Crippen molar-refractivity contribution in [2.75, 3.05) is 19.8 Å². The smallest absolute Gasteiger partial charge is 0.0705 e. The van der Waals surface area contributed by atoms with Gasteiger partial charge in [-0.05, 0) is 30.7 Å². The van der Waals surface area contributed by atoms with Crippen molar-refractivity contribution in [2.24, 2.45) is 5.92 Å². The molecule has 2 aromatic rings. The number of ether oxygens (including phenoxy) is 1. The van der Waals surface area contributed by atoms with Gasteiger partial charge < -0.3 is 10.1 Å². The first-order valence-electron chi connectivity index (χ1n) is 7.04. The summed E-state index contributed by atoms with van der Waals surface area (Å²) in [5.74, 6) is 0.570. The van der Waals surface area contributed by atoms with Gasteiger partial charge in [0.15, 0.2) is 0 Å². The Morgan fingerprint density at radius 1 is 1.42 bits per heavy atom. The third-order valence-corrected chi connectivity index (χ3v) is 3.85. The standard InChI is InChI=1S/C16H20N2O/c1-2-17-16(14-7-9-19-11-14)13-6-5-12-4-3-8-18-15(12)10-13/h3-6,8,10,14,16-17H,2,7,9,11H2,1H3. The number of pyridine rings is 1. The van der Waals surface area contributed by atoms with Crippen LogP contribution in [0.4, 0.5) is 0 Å². The van der Waals surface area contributed by atoms with Gasteiger partial charge in [-0.1, -0.05) is 25.1 Å². The van der Waals surface area contributed by atoms with Crippen LogP contribution in [0.2, 0.25) is 0 Å². The summed E-state index contributed by atoms with van der Waals surface area (Å²) >= 11 is 0. The van der Waals surface area contributed by atoms with E-state index in [0.29, 0.717) is 12.0 Å². The maximum atomic E-state index is 5.54. The minimum Gasteiger partial charge on any atom is -0.381 e. The molecular weight excluding hydrogens is 236 g/mol. The Kier molecular flexibility index (Phi) is 3.76. The molecule has 0 bridgehead atoms. The fourth-order valence-corrected chi connectivity index (χ4v) is 2.87. The Bertz CT molecular complexity index is 549. The summed E-state index contributed by atoms with van der Waals surface area (Å²) in [6.07, 6.45) is 2.99. The zero-order valence-electron chi connectivity index (χ0n) is 11.3. The average Bonchev–Trinajstić information content (AvgIpc) is 2.98. The SMILES string of the molecule is CCNC(c1ccc2cccnc2c1)C1CCOC1. The van der Waals surface area contributed by atoms with Crippen LogP contribution in [-0.4, -0.2) is 24.7 Å². The van der Waals surface area contributed by atoms with E-state index in [1.165, 1.54) is 10.9 Å². The molecule has 0 amide bonds. The van der Waals surface area contributed by atoms with E-state index in [-0.39, 0.29) is 0 Å². The second kappa shape index (κ2) is 5.68. The molecule has 0 radical (unpaired) electrons. The molecule has 19 heavy (non-hydrogen) atoms. The van der Waals surface area contributed by atoms with Gasteiger partial charge in [0.1, 0.15) is 0 Å². The van der Waals surface area contributed by atoms with E-state index in [1.807, 2.05) is 12.3 Å². The highest BCUT2D eigenvalue weighted by molar-refractivity contribution is 5.79. The van der Waals surface area contributed by atoms with Gasteiger partial charge in [0.2, 0.25) is 0 Å². The van der Waals surface area contributed by atoms with Gasteiger partial charge in [-0.25, -0.2) is 0 Å². The van der Waals surface area contributed by atoms with Crippen LogP contribution >= 0.6 is 0 Å². The third kappa shape index (κ3) is 2.62. The molecule has 1 fully saturated rings. The Labute approximate surface area is 114 Å². The lowest BCUT2D eigenvalue weighted by molar-refractivity contribution is 0.177. The maximum Gasteiger partial charge on any atom is 0.0705 e. The monoisotopic (exact) mass is 256 g/mol. The molecule has 1 saturated heterocycles. The van der Waals surface area contributed by atoms with E-state index >= 15 is 0 Å². The fraction of sp³-hybridized carbons (Fsp3) is 0.438. The van der Waals surface area contributed by atoms with Crippen molar-refractivity contribution in [1.29, 1.82) is 0 Å². The first kappa shape index (κ1) is 12.6. The van der Waals surface area contributed by atoms with Gasteiger partial charge in [0.25, 0.3) is 0 Å². The number of aromatic nitrogens is 1. The lowest BCUT2D eigenvalue weighted by Gasteiger charge is -2.24. The molecule has 1 aromatic carbocycles. The lowest BCUT2D eigenvalue weighted by atomic mass is 9.91. The van der Waals surface area contributed by atoms with Crippen molar-refractivity contribution in [2.45, 2.75) is 19.4 Å². The van der Waals surface area contributed by atoms with E-state index < -0.39 is 0 Å². The van der Waals surface area contributed by atoms with Crippen molar-refractivity contribution in [3.8, 4) is 0 Å². The molecule has 2 atom stereocenters. The summed E-state index contributed by atoms with van der Waals surface area (Å²) in [5, 5.41) is 4.80. The van der Waals surface area contributed by atoms with Crippen LogP contribution in [0.1, 0.15) is 24.9 Å². The van der Waals surface area contributed by atoms with Gasteiger partial charge in [-0.2, -0.15) is 0 Å². The van der Waals surface area contributed by atoms with E-state index in [4.69, 9.17) is 4.74 Å². The summed E-state index contributed by atoms with van der Waals surface area (Å²) in [6, 6.07) is 11.1. The van der Waals surface area contributed by atoms with Crippen LogP contribution in [0.25, 0.3) is 10.9 Å². The van der Waals surface area contributed by atoms with Gasteiger partial charge in [-0.3, -0.25) is 4.98 Å². The molecule has 0 aliphatic carbocycles. The van der Waals surface area contributed by atoms with E-state index in [2.05, 4.69) is 41.5 Å². The molecule has 0 saturated carbocycles. The Morgan fingerprint density at radius 3 is 3.16 bits per heavy atom. The number of nitrogens with zero attached hydrogens (tertiary/aromatic N) is 1. The van der Waals surface area contributed by atoms with Crippen molar-refractivity contribution >= 4 is 10.9 Å². The average molecular weight is 256 g/mol. The topological polar surface area (TPSA) is 34.2 Å². The fourth-order valence-electron chi connectivity index (χ4n) is 2.87. The number of hydrogen-bond acceptors (Lipinski definition) is 3. The third-order valence-electron chi connectivity index (χ3n) is 3.85. The van der Waals surface area contributed by atoms with Crippen LogP contribution in [0.3, 0.4) is 0 Å². The predicted molar refractivity (Wildman–Crippen MR) is 77.1 cm³/mol. The van der Waals surface area contributed by atoms with Gasteiger partial charge in [0.05, 0.1) is 12.1 Å². The summed E-state index contributed by atoms with van der Waals surface area (Å²) < 4.78 is 5.54. The minimum atomic E-state index is 0.374. The van der Waals surface area contributed by atoms with Crippen LogP contribution in [-0.2, 0) is 4.74 Å². The first-order valence-corrected chi connectivity index (χ1v) is 7.04. The van der Waals surface area contributed by atoms with Crippen LogP contribution in [0.15, 0.2) is 36.5 Å². The lowest BCUT2D eigenvalue weighted by Crippen LogP contribution is -2.28. The first-order chi connectivity index (χ1) is 9.38. The summed E-state index contributed by atoms with van der Waals surface area (Å²) in [5.41, 5.74) is 2.39. The number of benzene rings is 1. The summed E-state index contributed by atoms with van der Waals surface area (Å²) in [7, 11) is 0. The van der Waals surface area contributed by atoms with Crippen molar-refractivity contribution in [3.05, 3.63) is 42.1 Å². The highest BCUT2D eigenvalue weighted by Crippen LogP contribution is 2.30. The molecule has 3 nitrogen and oxygen atoms in total. The molecule has 1 aliphatic rings. The molecule has 1 aliphatic heterocycles. The quantitative estimate of drug-likeness (QED) is 0.913. The molecule has 2 heterocycles. The van der Waals surface area contributed by atoms with E-state index in [0.717, 1.165) is 31.7 Å². The molecule has 3 heteroatoms. The zero-order chi connectivity index (χ0) is 13.1. The van der Waals surface area contributed by atoms with Crippen molar-refractivity contribution < 1.29 is 4.74 Å². The number of nitrogens with one attached hydrogen (secondary N) is 1. The number of fused-ring (bicyclic) bond motifs is 1. The Hall–Kier alpha value is -1.45. The molecule has 1 aromatic heterocycles. The second-order valence-electron chi connectivity index (χ2n) is 5.11. The second-order valence-corrected chi connectivity index (χ2v) is 5.11. The summed E-state index contributed by atoms with van der Waals surface area (Å²) in [6.45, 7) is 4.87. The van der Waals surface area contributed by atoms with E-state index in [1.54, 1.807) is 0 Å².